The molecule has 3 aromatic rings. The topological polar surface area (TPSA) is 54.0 Å². The first kappa shape index (κ1) is 22.9. The maximum absolute atomic E-state index is 12.1. The van der Waals surface area contributed by atoms with Crippen molar-refractivity contribution in [2.45, 2.75) is 32.0 Å². The van der Waals surface area contributed by atoms with Crippen molar-refractivity contribution in [1.82, 2.24) is 0 Å². The Balaban J connectivity index is 1.46. The number of carbonyl (C=O) groups excluding carboxylic acids is 1. The number of ether oxygens (including phenoxy) is 4. The van der Waals surface area contributed by atoms with Crippen LogP contribution in [0, 0.1) is 0 Å². The summed E-state index contributed by atoms with van der Waals surface area (Å²) in [5, 5.41) is 0. The summed E-state index contributed by atoms with van der Waals surface area (Å²) in [6.07, 6.45) is -0.156. The molecule has 3 aromatic carbocycles. The zero-order valence-electron chi connectivity index (χ0n) is 18.5. The van der Waals surface area contributed by atoms with Crippen molar-refractivity contribution in [2.24, 2.45) is 0 Å². The highest BCUT2D eigenvalue weighted by atomic mass is 16.6. The average molecular weight is 445 g/mol. The van der Waals surface area contributed by atoms with E-state index in [2.05, 4.69) is 0 Å². The van der Waals surface area contributed by atoms with E-state index in [1.165, 1.54) is 0 Å². The molecule has 0 saturated heterocycles. The number of aldehydes is 1. The second kappa shape index (κ2) is 12.1. The highest BCUT2D eigenvalue weighted by Gasteiger charge is 2.35. The molecule has 0 saturated carbocycles. The van der Waals surface area contributed by atoms with Crippen LogP contribution in [0.1, 0.15) is 16.7 Å². The van der Waals surface area contributed by atoms with Gasteiger partial charge in [0.05, 0.1) is 25.4 Å². The van der Waals surface area contributed by atoms with E-state index in [0.29, 0.717) is 31.2 Å². The highest BCUT2D eigenvalue weighted by molar-refractivity contribution is 5.76. The summed E-state index contributed by atoms with van der Waals surface area (Å²) in [5.41, 5.74) is 3.57. The summed E-state index contributed by atoms with van der Waals surface area (Å²) in [6, 6.07) is 29.7. The zero-order chi connectivity index (χ0) is 22.7. The first-order valence-electron chi connectivity index (χ1n) is 11.1. The molecule has 1 heterocycles. The lowest BCUT2D eigenvalue weighted by molar-refractivity contribution is -0.123. The molecule has 0 N–H and O–H groups in total. The molecule has 0 spiro atoms. The van der Waals surface area contributed by atoms with Gasteiger partial charge in [-0.25, -0.2) is 0 Å². The molecule has 0 radical (unpaired) electrons. The van der Waals surface area contributed by atoms with E-state index in [4.69, 9.17) is 18.9 Å². The van der Waals surface area contributed by atoms with Gasteiger partial charge in [0.1, 0.15) is 31.2 Å². The maximum atomic E-state index is 12.1. The molecule has 0 amide bonds. The van der Waals surface area contributed by atoms with Gasteiger partial charge in [-0.1, -0.05) is 91.0 Å². The quantitative estimate of drug-likeness (QED) is 0.396. The fraction of sp³-hybridized carbons (Fsp3) is 0.250. The van der Waals surface area contributed by atoms with Crippen molar-refractivity contribution >= 4 is 6.29 Å². The molecule has 170 valence electrons. The highest BCUT2D eigenvalue weighted by Crippen LogP contribution is 2.26. The summed E-state index contributed by atoms with van der Waals surface area (Å²) in [6.45, 7) is 1.69. The molecule has 0 aliphatic carbocycles. The predicted molar refractivity (Wildman–Crippen MR) is 125 cm³/mol. The van der Waals surface area contributed by atoms with Gasteiger partial charge in [-0.3, -0.25) is 4.79 Å². The molecular weight excluding hydrogens is 416 g/mol. The van der Waals surface area contributed by atoms with Gasteiger partial charge >= 0.3 is 0 Å². The number of hydrogen-bond donors (Lipinski definition) is 0. The Morgan fingerprint density at radius 3 is 1.76 bits per heavy atom. The molecule has 0 aromatic heterocycles. The van der Waals surface area contributed by atoms with Crippen LogP contribution in [0.5, 0.6) is 0 Å². The number of hydrogen-bond acceptors (Lipinski definition) is 5. The van der Waals surface area contributed by atoms with Crippen LogP contribution in [-0.2, 0) is 43.6 Å². The van der Waals surface area contributed by atoms with E-state index in [9.17, 15) is 4.79 Å². The molecule has 0 bridgehead atoms. The summed E-state index contributed by atoms with van der Waals surface area (Å²) < 4.78 is 24.1. The lowest BCUT2D eigenvalue weighted by Gasteiger charge is -2.33. The van der Waals surface area contributed by atoms with Gasteiger partial charge in [0.25, 0.3) is 0 Å². The van der Waals surface area contributed by atoms with Crippen LogP contribution in [0.25, 0.3) is 0 Å². The van der Waals surface area contributed by atoms with Crippen molar-refractivity contribution in [2.75, 3.05) is 13.2 Å². The van der Waals surface area contributed by atoms with Crippen molar-refractivity contribution in [1.29, 1.82) is 0 Å². The molecule has 4 rings (SSSR count). The van der Waals surface area contributed by atoms with Crippen molar-refractivity contribution in [3.8, 4) is 0 Å². The molecule has 2 atom stereocenters. The van der Waals surface area contributed by atoms with E-state index in [-0.39, 0.29) is 13.2 Å². The van der Waals surface area contributed by atoms with Crippen molar-refractivity contribution < 1.29 is 23.7 Å². The Hall–Kier alpha value is -3.25. The van der Waals surface area contributed by atoms with E-state index < -0.39 is 12.2 Å². The molecule has 5 heteroatoms. The minimum absolute atomic E-state index is 0.194. The average Bonchev–Trinajstić information content (AvgIpc) is 2.88. The van der Waals surface area contributed by atoms with Crippen LogP contribution in [0.2, 0.25) is 0 Å². The molecule has 5 nitrogen and oxygen atoms in total. The maximum Gasteiger partial charge on any atom is 0.152 e. The van der Waals surface area contributed by atoms with Crippen LogP contribution in [0.15, 0.2) is 102 Å². The predicted octanol–water partition coefficient (Wildman–Crippen LogP) is 4.86. The molecule has 1 aliphatic heterocycles. The largest absolute Gasteiger partial charge is 0.492 e. The molecule has 1 aliphatic rings. The van der Waals surface area contributed by atoms with Crippen LogP contribution >= 0.6 is 0 Å². The molecule has 33 heavy (non-hydrogen) atoms. The Morgan fingerprint density at radius 1 is 0.697 bits per heavy atom. The summed E-state index contributed by atoms with van der Waals surface area (Å²) >= 11 is 0. The van der Waals surface area contributed by atoms with E-state index in [1.807, 2.05) is 91.0 Å². The Morgan fingerprint density at radius 2 is 1.21 bits per heavy atom. The third-order valence-corrected chi connectivity index (χ3v) is 5.44. The van der Waals surface area contributed by atoms with Crippen LogP contribution in [-0.4, -0.2) is 31.7 Å². The normalized spacial score (nSPS) is 18.1. The van der Waals surface area contributed by atoms with E-state index in [0.717, 1.165) is 23.0 Å². The van der Waals surface area contributed by atoms with Gasteiger partial charge in [-0.15, -0.1) is 0 Å². The van der Waals surface area contributed by atoms with Crippen LogP contribution in [0.3, 0.4) is 0 Å². The van der Waals surface area contributed by atoms with Gasteiger partial charge in [-0.2, -0.15) is 0 Å². The van der Waals surface area contributed by atoms with Gasteiger partial charge in [0.15, 0.2) is 6.29 Å². The van der Waals surface area contributed by atoms with Gasteiger partial charge in [0, 0.05) is 0 Å². The summed E-state index contributed by atoms with van der Waals surface area (Å²) in [4.78, 5) is 12.1. The fourth-order valence-electron chi connectivity index (χ4n) is 3.68. The second-order valence-corrected chi connectivity index (χ2v) is 7.84. The molecule has 0 unspecified atom stereocenters. The Labute approximate surface area is 194 Å². The van der Waals surface area contributed by atoms with E-state index in [1.54, 1.807) is 0 Å². The smallest absolute Gasteiger partial charge is 0.152 e. The lowest BCUT2D eigenvalue weighted by Crippen LogP contribution is -2.42. The fourth-order valence-corrected chi connectivity index (χ4v) is 3.68. The first-order valence-corrected chi connectivity index (χ1v) is 11.1. The number of carbonyl (C=O) groups is 1. The minimum Gasteiger partial charge on any atom is -0.492 e. The van der Waals surface area contributed by atoms with Crippen molar-refractivity contribution in [3.05, 3.63) is 119 Å². The monoisotopic (exact) mass is 444 g/mol. The first-order chi connectivity index (χ1) is 16.3. The van der Waals surface area contributed by atoms with Crippen molar-refractivity contribution in [3.63, 3.8) is 0 Å². The Bertz CT molecular complexity index is 1020. The third-order valence-electron chi connectivity index (χ3n) is 5.44. The van der Waals surface area contributed by atoms with Gasteiger partial charge in [-0.05, 0) is 16.7 Å². The standard InChI is InChI=1S/C28H28O5/c29-16-25-26(20-30-17-22-10-4-1-5-11-22)32-21-27(31-18-23-12-6-2-7-13-23)28(25)33-19-24-14-8-3-9-15-24/h1-16,27-28H,17-21H2/t27-,28+/m1/s1. The second-order valence-electron chi connectivity index (χ2n) is 7.84. The van der Waals surface area contributed by atoms with Crippen LogP contribution in [0.4, 0.5) is 0 Å². The molecular formula is C28H28O5. The summed E-state index contributed by atoms with van der Waals surface area (Å²) in [5.74, 6) is 0.499. The summed E-state index contributed by atoms with van der Waals surface area (Å²) in [7, 11) is 0. The minimum atomic E-state index is -0.546. The van der Waals surface area contributed by atoms with E-state index >= 15 is 0 Å². The number of rotatable bonds is 11. The lowest BCUT2D eigenvalue weighted by atomic mass is 10.0. The zero-order valence-corrected chi connectivity index (χ0v) is 18.5. The Kier molecular flexibility index (Phi) is 8.42. The third kappa shape index (κ3) is 6.62. The SMILES string of the molecule is O=CC1=C(COCc2ccccc2)OC[C@@H](OCc2ccccc2)[C@H]1OCc1ccccc1. The van der Waals surface area contributed by atoms with Crippen LogP contribution < -0.4 is 0 Å². The number of benzene rings is 3. The van der Waals surface area contributed by atoms with Gasteiger partial charge in [0.2, 0.25) is 0 Å². The van der Waals surface area contributed by atoms with Gasteiger partial charge < -0.3 is 18.9 Å². The molecule has 0 fully saturated rings.